The van der Waals surface area contributed by atoms with Gasteiger partial charge in [-0.3, -0.25) is 4.79 Å². The number of carboxylic acids is 1. The fourth-order valence-corrected chi connectivity index (χ4v) is 3.04. The van der Waals surface area contributed by atoms with E-state index in [0.29, 0.717) is 12.8 Å². The zero-order chi connectivity index (χ0) is 9.41. The number of carbonyl (C=O) groups is 1. The molecule has 1 N–H and O–H groups in total. The molecular weight excluding hydrogens is 180 g/mol. The first-order chi connectivity index (χ1) is 5.40. The molecule has 5 heteroatoms. The molecule has 0 spiro atoms. The SMILES string of the molecule is CS(=O)(=O)C1(C(=O)O)CCCC1. The Labute approximate surface area is 71.5 Å². The molecule has 1 saturated carbocycles. The number of carboxylic acid groups (broad SMARTS) is 1. The first-order valence-electron chi connectivity index (χ1n) is 3.83. The molecule has 0 saturated heterocycles. The van der Waals surface area contributed by atoms with Crippen LogP contribution in [-0.4, -0.2) is 30.5 Å². The summed E-state index contributed by atoms with van der Waals surface area (Å²) in [5.41, 5.74) is 0. The van der Waals surface area contributed by atoms with Gasteiger partial charge in [0.15, 0.2) is 14.6 Å². The molecule has 1 aliphatic carbocycles. The van der Waals surface area contributed by atoms with E-state index in [1.807, 2.05) is 0 Å². The van der Waals surface area contributed by atoms with Crippen molar-refractivity contribution in [1.82, 2.24) is 0 Å². The molecule has 1 rings (SSSR count). The van der Waals surface area contributed by atoms with Gasteiger partial charge in [-0.25, -0.2) is 8.42 Å². The molecule has 1 aliphatic rings. The fourth-order valence-electron chi connectivity index (χ4n) is 1.69. The Morgan fingerprint density at radius 2 is 1.75 bits per heavy atom. The van der Waals surface area contributed by atoms with Crippen molar-refractivity contribution >= 4 is 15.8 Å². The highest BCUT2D eigenvalue weighted by Gasteiger charge is 2.50. The minimum absolute atomic E-state index is 0.265. The van der Waals surface area contributed by atoms with Crippen molar-refractivity contribution in [3.8, 4) is 0 Å². The summed E-state index contributed by atoms with van der Waals surface area (Å²) in [4.78, 5) is 10.8. The Kier molecular flexibility index (Phi) is 2.16. The summed E-state index contributed by atoms with van der Waals surface area (Å²) in [6.45, 7) is 0. The van der Waals surface area contributed by atoms with Crippen molar-refractivity contribution in [1.29, 1.82) is 0 Å². The van der Waals surface area contributed by atoms with E-state index < -0.39 is 20.6 Å². The van der Waals surface area contributed by atoms with Crippen LogP contribution in [0.2, 0.25) is 0 Å². The summed E-state index contributed by atoms with van der Waals surface area (Å²) in [5.74, 6) is -1.19. The third kappa shape index (κ3) is 1.22. The summed E-state index contributed by atoms with van der Waals surface area (Å²) >= 11 is 0. The van der Waals surface area contributed by atoms with Crippen molar-refractivity contribution < 1.29 is 18.3 Å². The Hall–Kier alpha value is -0.580. The van der Waals surface area contributed by atoms with Gasteiger partial charge >= 0.3 is 5.97 Å². The number of rotatable bonds is 2. The van der Waals surface area contributed by atoms with Crippen LogP contribution in [0.5, 0.6) is 0 Å². The fraction of sp³-hybridized carbons (Fsp3) is 0.857. The highest BCUT2D eigenvalue weighted by atomic mass is 32.2. The van der Waals surface area contributed by atoms with Crippen molar-refractivity contribution in [2.24, 2.45) is 0 Å². The Balaban J connectivity index is 3.12. The lowest BCUT2D eigenvalue weighted by Crippen LogP contribution is -2.43. The van der Waals surface area contributed by atoms with Gasteiger partial charge in [0, 0.05) is 6.26 Å². The van der Waals surface area contributed by atoms with Crippen LogP contribution in [0.3, 0.4) is 0 Å². The van der Waals surface area contributed by atoms with E-state index in [1.165, 1.54) is 0 Å². The molecule has 0 amide bonds. The van der Waals surface area contributed by atoms with Crippen LogP contribution in [0.4, 0.5) is 0 Å². The lowest BCUT2D eigenvalue weighted by Gasteiger charge is -2.20. The van der Waals surface area contributed by atoms with Gasteiger partial charge in [0.05, 0.1) is 0 Å². The zero-order valence-electron chi connectivity index (χ0n) is 6.91. The van der Waals surface area contributed by atoms with E-state index >= 15 is 0 Å². The van der Waals surface area contributed by atoms with Crippen molar-refractivity contribution in [3.63, 3.8) is 0 Å². The van der Waals surface area contributed by atoms with E-state index in [9.17, 15) is 13.2 Å². The molecular formula is C7H12O4S. The highest BCUT2D eigenvalue weighted by molar-refractivity contribution is 7.92. The van der Waals surface area contributed by atoms with Crippen molar-refractivity contribution in [2.75, 3.05) is 6.26 Å². The van der Waals surface area contributed by atoms with Crippen LogP contribution in [0.25, 0.3) is 0 Å². The van der Waals surface area contributed by atoms with E-state index in [0.717, 1.165) is 6.26 Å². The third-order valence-electron chi connectivity index (χ3n) is 2.51. The van der Waals surface area contributed by atoms with Crippen LogP contribution >= 0.6 is 0 Å². The standard InChI is InChI=1S/C7H12O4S/c1-12(10,11)7(6(8)9)4-2-3-5-7/h2-5H2,1H3,(H,8,9). The maximum atomic E-state index is 11.2. The van der Waals surface area contributed by atoms with Crippen LogP contribution in [-0.2, 0) is 14.6 Å². The van der Waals surface area contributed by atoms with Gasteiger partial charge in [-0.05, 0) is 12.8 Å². The molecule has 0 unspecified atom stereocenters. The topological polar surface area (TPSA) is 71.4 Å². The number of hydrogen-bond acceptors (Lipinski definition) is 3. The average molecular weight is 192 g/mol. The van der Waals surface area contributed by atoms with Crippen molar-refractivity contribution in [2.45, 2.75) is 30.4 Å². The Morgan fingerprint density at radius 3 is 1.92 bits per heavy atom. The second-order valence-corrected chi connectivity index (χ2v) is 5.60. The second-order valence-electron chi connectivity index (χ2n) is 3.28. The maximum Gasteiger partial charge on any atom is 0.325 e. The summed E-state index contributed by atoms with van der Waals surface area (Å²) < 4.78 is 21.0. The van der Waals surface area contributed by atoms with Gasteiger partial charge in [0.25, 0.3) is 0 Å². The van der Waals surface area contributed by atoms with E-state index in [-0.39, 0.29) is 12.8 Å². The lowest BCUT2D eigenvalue weighted by atomic mass is 10.1. The molecule has 0 radical (unpaired) electrons. The van der Waals surface area contributed by atoms with E-state index in [2.05, 4.69) is 0 Å². The molecule has 0 aromatic heterocycles. The predicted octanol–water partition coefficient (Wildman–Crippen LogP) is 0.428. The number of aliphatic carboxylic acids is 1. The van der Waals surface area contributed by atoms with Gasteiger partial charge in [-0.15, -0.1) is 0 Å². The summed E-state index contributed by atoms with van der Waals surface area (Å²) in [6, 6.07) is 0. The molecule has 0 heterocycles. The second kappa shape index (κ2) is 2.73. The van der Waals surface area contributed by atoms with Crippen LogP contribution < -0.4 is 0 Å². The minimum atomic E-state index is -3.46. The van der Waals surface area contributed by atoms with Gasteiger partial charge in [-0.2, -0.15) is 0 Å². The highest BCUT2D eigenvalue weighted by Crippen LogP contribution is 2.36. The Bertz CT molecular complexity index is 285. The van der Waals surface area contributed by atoms with Crippen molar-refractivity contribution in [3.05, 3.63) is 0 Å². The maximum absolute atomic E-state index is 11.2. The largest absolute Gasteiger partial charge is 0.480 e. The van der Waals surface area contributed by atoms with Gasteiger partial charge in [0.1, 0.15) is 0 Å². The lowest BCUT2D eigenvalue weighted by molar-refractivity contribution is -0.139. The molecule has 0 atom stereocenters. The molecule has 1 fully saturated rings. The number of hydrogen-bond donors (Lipinski definition) is 1. The summed E-state index contributed by atoms with van der Waals surface area (Å²) in [7, 11) is -3.46. The molecule has 0 aliphatic heterocycles. The van der Waals surface area contributed by atoms with Crippen LogP contribution in [0.15, 0.2) is 0 Å². The van der Waals surface area contributed by atoms with Gasteiger partial charge in [-0.1, -0.05) is 12.8 Å². The minimum Gasteiger partial charge on any atom is -0.480 e. The third-order valence-corrected chi connectivity index (χ3v) is 4.51. The molecule has 0 aromatic rings. The predicted molar refractivity (Wildman–Crippen MR) is 43.7 cm³/mol. The molecule has 12 heavy (non-hydrogen) atoms. The molecule has 0 aromatic carbocycles. The average Bonchev–Trinajstić information content (AvgIpc) is 2.31. The zero-order valence-corrected chi connectivity index (χ0v) is 7.73. The van der Waals surface area contributed by atoms with Crippen LogP contribution in [0, 0.1) is 0 Å². The molecule has 0 bridgehead atoms. The summed E-state index contributed by atoms with van der Waals surface area (Å²) in [6.07, 6.45) is 2.92. The molecule has 4 nitrogen and oxygen atoms in total. The van der Waals surface area contributed by atoms with E-state index in [4.69, 9.17) is 5.11 Å². The van der Waals surface area contributed by atoms with Gasteiger partial charge < -0.3 is 5.11 Å². The first-order valence-corrected chi connectivity index (χ1v) is 5.72. The summed E-state index contributed by atoms with van der Waals surface area (Å²) in [5, 5.41) is 8.82. The first kappa shape index (κ1) is 9.51. The smallest absolute Gasteiger partial charge is 0.325 e. The van der Waals surface area contributed by atoms with Gasteiger partial charge in [0.2, 0.25) is 0 Å². The Morgan fingerprint density at radius 1 is 1.33 bits per heavy atom. The number of sulfone groups is 1. The molecule has 70 valence electrons. The monoisotopic (exact) mass is 192 g/mol. The quantitative estimate of drug-likeness (QED) is 0.688. The normalized spacial score (nSPS) is 22.4. The van der Waals surface area contributed by atoms with E-state index in [1.54, 1.807) is 0 Å². The van der Waals surface area contributed by atoms with Crippen LogP contribution in [0.1, 0.15) is 25.7 Å².